The molecule has 0 amide bonds. The molecular weight excluding hydrogens is 877 g/mol. The molecule has 0 spiro atoms. The standard InChI is InChI=1S/C65H112O6/c1-4-7-10-13-16-19-22-25-27-29-31-32-34-35-37-40-43-46-49-52-55-58-64(67)70-61-62(60-69-63(66)57-54-51-48-45-42-39-24-21-18-15-12-9-6-3)71-65(68)59-56-53-50-47-44-41-38-36-33-30-28-26-23-20-17-14-11-8-5-2/h9,12,18,21-22,25-26,28-29,31,34-35,39,42,62H,4-8,10-11,13-17,19-20,23-24,27,30,32-33,36-38,40-41,43-61H2,1-3H3/b12-9-,21-18-,25-22-,28-26-,31-29-,35-34-,42-39-. The third-order valence-electron chi connectivity index (χ3n) is 12.9. The van der Waals surface area contributed by atoms with Gasteiger partial charge in [0.2, 0.25) is 0 Å². The van der Waals surface area contributed by atoms with Crippen molar-refractivity contribution >= 4 is 17.9 Å². The molecule has 6 heteroatoms. The number of ether oxygens (including phenoxy) is 3. The second-order valence-corrected chi connectivity index (χ2v) is 19.9. The van der Waals surface area contributed by atoms with E-state index in [1.807, 2.05) is 0 Å². The van der Waals surface area contributed by atoms with Crippen molar-refractivity contribution in [1.29, 1.82) is 0 Å². The van der Waals surface area contributed by atoms with E-state index in [1.54, 1.807) is 0 Å². The van der Waals surface area contributed by atoms with Crippen molar-refractivity contribution in [2.24, 2.45) is 0 Å². The largest absolute Gasteiger partial charge is 0.462 e. The SMILES string of the molecule is CC/C=C\C/C=C\C/C=C\CCCCCC(=O)OCC(COC(=O)CCCCCCCC/C=C\C/C=C\C/C=C\CCCCCCC)OC(=O)CCCCCCCCCCC/C=C\CCCCCCCC. The van der Waals surface area contributed by atoms with Gasteiger partial charge in [-0.1, -0.05) is 241 Å². The van der Waals surface area contributed by atoms with Gasteiger partial charge in [-0.15, -0.1) is 0 Å². The molecule has 71 heavy (non-hydrogen) atoms. The molecule has 0 radical (unpaired) electrons. The second kappa shape index (κ2) is 59.2. The van der Waals surface area contributed by atoms with Crippen LogP contribution in [0.15, 0.2) is 85.1 Å². The minimum Gasteiger partial charge on any atom is -0.462 e. The molecule has 0 saturated carbocycles. The highest BCUT2D eigenvalue weighted by atomic mass is 16.6. The van der Waals surface area contributed by atoms with E-state index >= 15 is 0 Å². The molecule has 0 aromatic rings. The average Bonchev–Trinajstić information content (AvgIpc) is 3.37. The van der Waals surface area contributed by atoms with E-state index in [0.29, 0.717) is 19.3 Å². The minimum atomic E-state index is -0.796. The molecular formula is C65H112O6. The number of carbonyl (C=O) groups is 3. The third kappa shape index (κ3) is 57.4. The summed E-state index contributed by atoms with van der Waals surface area (Å²) in [5.74, 6) is -0.930. The number of hydrogen-bond acceptors (Lipinski definition) is 6. The lowest BCUT2D eigenvalue weighted by atomic mass is 10.1. The zero-order chi connectivity index (χ0) is 51.4. The van der Waals surface area contributed by atoms with E-state index in [2.05, 4.69) is 106 Å². The topological polar surface area (TPSA) is 78.9 Å². The summed E-state index contributed by atoms with van der Waals surface area (Å²) in [5.41, 5.74) is 0. The van der Waals surface area contributed by atoms with E-state index in [1.165, 1.54) is 148 Å². The van der Waals surface area contributed by atoms with Gasteiger partial charge >= 0.3 is 17.9 Å². The van der Waals surface area contributed by atoms with Crippen LogP contribution in [0.4, 0.5) is 0 Å². The van der Waals surface area contributed by atoms with Gasteiger partial charge < -0.3 is 14.2 Å². The molecule has 0 aliphatic carbocycles. The predicted octanol–water partition coefficient (Wildman–Crippen LogP) is 20.3. The molecule has 1 atom stereocenters. The molecule has 408 valence electrons. The van der Waals surface area contributed by atoms with Gasteiger partial charge in [-0.3, -0.25) is 14.4 Å². The van der Waals surface area contributed by atoms with Crippen molar-refractivity contribution in [3.8, 4) is 0 Å². The maximum absolute atomic E-state index is 12.9. The van der Waals surface area contributed by atoms with E-state index in [-0.39, 0.29) is 31.1 Å². The summed E-state index contributed by atoms with van der Waals surface area (Å²) in [6.45, 7) is 6.49. The normalized spacial score (nSPS) is 12.7. The summed E-state index contributed by atoms with van der Waals surface area (Å²) < 4.78 is 16.9. The van der Waals surface area contributed by atoms with Gasteiger partial charge in [0.15, 0.2) is 6.10 Å². The molecule has 0 heterocycles. The van der Waals surface area contributed by atoms with Crippen LogP contribution in [0.1, 0.15) is 290 Å². The van der Waals surface area contributed by atoms with E-state index in [4.69, 9.17) is 14.2 Å². The van der Waals surface area contributed by atoms with Crippen molar-refractivity contribution in [1.82, 2.24) is 0 Å². The van der Waals surface area contributed by atoms with Gasteiger partial charge in [0.05, 0.1) is 0 Å². The van der Waals surface area contributed by atoms with E-state index in [0.717, 1.165) is 103 Å². The van der Waals surface area contributed by atoms with Crippen LogP contribution in [0.3, 0.4) is 0 Å². The summed E-state index contributed by atoms with van der Waals surface area (Å²) in [7, 11) is 0. The number of esters is 3. The maximum Gasteiger partial charge on any atom is 0.306 e. The molecule has 0 aromatic heterocycles. The van der Waals surface area contributed by atoms with Gasteiger partial charge in [0, 0.05) is 19.3 Å². The quantitative estimate of drug-likeness (QED) is 0.0261. The first-order valence-electron chi connectivity index (χ1n) is 30.1. The highest BCUT2D eigenvalue weighted by Gasteiger charge is 2.19. The van der Waals surface area contributed by atoms with Gasteiger partial charge in [0.1, 0.15) is 13.2 Å². The van der Waals surface area contributed by atoms with Crippen LogP contribution in [0, 0.1) is 0 Å². The fraction of sp³-hybridized carbons (Fsp3) is 0.738. The zero-order valence-corrected chi connectivity index (χ0v) is 46.7. The molecule has 0 fully saturated rings. The summed E-state index contributed by atoms with van der Waals surface area (Å²) >= 11 is 0. The Morgan fingerprint density at radius 2 is 0.549 bits per heavy atom. The van der Waals surface area contributed by atoms with Gasteiger partial charge in [-0.2, -0.15) is 0 Å². The highest BCUT2D eigenvalue weighted by Crippen LogP contribution is 2.15. The Balaban J connectivity index is 4.40. The molecule has 0 N–H and O–H groups in total. The van der Waals surface area contributed by atoms with Crippen molar-refractivity contribution in [2.45, 2.75) is 297 Å². The number of unbranched alkanes of at least 4 members (excludes halogenated alkanes) is 29. The van der Waals surface area contributed by atoms with Gasteiger partial charge in [-0.25, -0.2) is 0 Å². The fourth-order valence-corrected chi connectivity index (χ4v) is 8.34. The molecule has 0 rings (SSSR count). The Bertz CT molecular complexity index is 1370. The zero-order valence-electron chi connectivity index (χ0n) is 46.7. The average molecular weight is 990 g/mol. The summed E-state index contributed by atoms with van der Waals surface area (Å²) in [4.78, 5) is 38.2. The Hall–Kier alpha value is -3.41. The molecule has 0 saturated heterocycles. The van der Waals surface area contributed by atoms with Crippen LogP contribution in [-0.4, -0.2) is 37.2 Å². The highest BCUT2D eigenvalue weighted by molar-refractivity contribution is 5.71. The van der Waals surface area contributed by atoms with Crippen molar-refractivity contribution < 1.29 is 28.6 Å². The van der Waals surface area contributed by atoms with Crippen LogP contribution < -0.4 is 0 Å². The first kappa shape index (κ1) is 67.6. The maximum atomic E-state index is 12.9. The lowest BCUT2D eigenvalue weighted by Crippen LogP contribution is -2.30. The Kier molecular flexibility index (Phi) is 56.3. The third-order valence-corrected chi connectivity index (χ3v) is 12.9. The lowest BCUT2D eigenvalue weighted by Gasteiger charge is -2.18. The number of allylic oxidation sites excluding steroid dienone is 14. The molecule has 6 nitrogen and oxygen atoms in total. The van der Waals surface area contributed by atoms with Crippen LogP contribution >= 0.6 is 0 Å². The monoisotopic (exact) mass is 989 g/mol. The van der Waals surface area contributed by atoms with Crippen molar-refractivity contribution in [3.05, 3.63) is 85.1 Å². The van der Waals surface area contributed by atoms with Gasteiger partial charge in [-0.05, 0) is 116 Å². The smallest absolute Gasteiger partial charge is 0.306 e. The van der Waals surface area contributed by atoms with Crippen LogP contribution in [-0.2, 0) is 28.6 Å². The number of carbonyl (C=O) groups excluding carboxylic acids is 3. The fourth-order valence-electron chi connectivity index (χ4n) is 8.34. The lowest BCUT2D eigenvalue weighted by molar-refractivity contribution is -0.167. The second-order valence-electron chi connectivity index (χ2n) is 19.9. The molecule has 0 aromatic carbocycles. The van der Waals surface area contributed by atoms with E-state index < -0.39 is 6.10 Å². The number of rotatable bonds is 54. The van der Waals surface area contributed by atoms with E-state index in [9.17, 15) is 14.4 Å². The van der Waals surface area contributed by atoms with Crippen molar-refractivity contribution in [2.75, 3.05) is 13.2 Å². The summed E-state index contributed by atoms with van der Waals surface area (Å²) in [6, 6.07) is 0. The minimum absolute atomic E-state index is 0.0933. The predicted molar refractivity (Wildman–Crippen MR) is 307 cm³/mol. The first-order valence-corrected chi connectivity index (χ1v) is 30.1. The first-order chi connectivity index (χ1) is 35.0. The van der Waals surface area contributed by atoms with Crippen molar-refractivity contribution in [3.63, 3.8) is 0 Å². The molecule has 0 aliphatic rings. The Morgan fingerprint density at radius 1 is 0.296 bits per heavy atom. The van der Waals surface area contributed by atoms with Crippen LogP contribution in [0.5, 0.6) is 0 Å². The summed E-state index contributed by atoms with van der Waals surface area (Å²) in [6.07, 6.45) is 77.2. The number of hydrogen-bond donors (Lipinski definition) is 0. The molecule has 0 bridgehead atoms. The van der Waals surface area contributed by atoms with Gasteiger partial charge in [0.25, 0.3) is 0 Å². The van der Waals surface area contributed by atoms with Crippen LogP contribution in [0.25, 0.3) is 0 Å². The van der Waals surface area contributed by atoms with Crippen LogP contribution in [0.2, 0.25) is 0 Å². The molecule has 1 unspecified atom stereocenters. The Morgan fingerprint density at radius 3 is 0.887 bits per heavy atom. The Labute approximate surface area is 439 Å². The summed E-state index contributed by atoms with van der Waals surface area (Å²) in [5, 5.41) is 0. The molecule has 0 aliphatic heterocycles.